The zero-order chi connectivity index (χ0) is 33.0. The van der Waals surface area contributed by atoms with Gasteiger partial charge in [-0.2, -0.15) is 5.06 Å². The zero-order valence-corrected chi connectivity index (χ0v) is 30.5. The van der Waals surface area contributed by atoms with E-state index in [1.54, 1.807) is 0 Å². The van der Waals surface area contributed by atoms with E-state index >= 15 is 0 Å². The van der Waals surface area contributed by atoms with Gasteiger partial charge < -0.3 is 14.4 Å². The first-order chi connectivity index (χ1) is 20.5. The highest BCUT2D eigenvalue weighted by Crippen LogP contribution is 2.43. The van der Waals surface area contributed by atoms with Gasteiger partial charge in [0.15, 0.2) is 0 Å². The topological polar surface area (TPSA) is 68.3 Å². The van der Waals surface area contributed by atoms with E-state index in [2.05, 4.69) is 79.3 Å². The van der Waals surface area contributed by atoms with Crippen molar-refractivity contribution in [3.63, 3.8) is 0 Å². The van der Waals surface area contributed by atoms with Crippen molar-refractivity contribution in [2.24, 2.45) is 21.7 Å². The van der Waals surface area contributed by atoms with Crippen molar-refractivity contribution in [3.05, 3.63) is 0 Å². The number of piperidine rings is 2. The van der Waals surface area contributed by atoms with Crippen LogP contribution < -0.4 is 0 Å². The van der Waals surface area contributed by atoms with Crippen molar-refractivity contribution in [1.29, 1.82) is 0 Å². The fourth-order valence-corrected chi connectivity index (χ4v) is 8.29. The van der Waals surface area contributed by atoms with Gasteiger partial charge in [-0.15, -0.1) is 0 Å². The number of likely N-dealkylation sites (tertiary alicyclic amines) is 1. The van der Waals surface area contributed by atoms with Gasteiger partial charge in [0.05, 0.1) is 6.61 Å². The third kappa shape index (κ3) is 12.9. The van der Waals surface area contributed by atoms with Crippen LogP contribution in [0.15, 0.2) is 0 Å². The number of carbonyl (C=O) groups excluding carboxylic acids is 2. The quantitative estimate of drug-likeness (QED) is 0.106. The van der Waals surface area contributed by atoms with E-state index < -0.39 is 0 Å². The van der Waals surface area contributed by atoms with Crippen molar-refractivity contribution < 1.29 is 23.9 Å². The smallest absolute Gasteiger partial charge is 0.306 e. The molecule has 44 heavy (non-hydrogen) atoms. The molecule has 0 radical (unpaired) electrons. The van der Waals surface area contributed by atoms with E-state index in [-0.39, 0.29) is 45.8 Å². The highest BCUT2D eigenvalue weighted by Gasteiger charge is 2.50. The number of esters is 2. The predicted molar refractivity (Wildman–Crippen MR) is 180 cm³/mol. The number of nitrogens with zero attached hydrogens (tertiary/aromatic N) is 2. The molecule has 258 valence electrons. The molecule has 0 amide bonds. The summed E-state index contributed by atoms with van der Waals surface area (Å²) in [6.07, 6.45) is 14.2. The number of unbranched alkanes of at least 4 members (excludes halogenated alkanes) is 10. The summed E-state index contributed by atoms with van der Waals surface area (Å²) in [4.78, 5) is 34.0. The van der Waals surface area contributed by atoms with Crippen LogP contribution in [0.2, 0.25) is 0 Å². The number of hydroxylamine groups is 2. The van der Waals surface area contributed by atoms with Crippen LogP contribution in [0.1, 0.15) is 152 Å². The minimum absolute atomic E-state index is 0.0580. The molecule has 2 fully saturated rings. The summed E-state index contributed by atoms with van der Waals surface area (Å²) in [6, 6.07) is 0. The highest BCUT2D eigenvalue weighted by atomic mass is 16.7. The molecule has 2 rings (SSSR count). The number of carbonyl (C=O) groups is 2. The molecule has 2 heterocycles. The van der Waals surface area contributed by atoms with Gasteiger partial charge in [-0.25, -0.2) is 0 Å². The van der Waals surface area contributed by atoms with E-state index in [1.165, 1.54) is 32.1 Å². The van der Waals surface area contributed by atoms with E-state index in [0.717, 1.165) is 77.7 Å². The predicted octanol–water partition coefficient (Wildman–Crippen LogP) is 8.59. The summed E-state index contributed by atoms with van der Waals surface area (Å²) in [5.74, 6) is -0.149. The fraction of sp³-hybridized carbons (Fsp3) is 0.946. The standard InChI is InChI=1S/C37H70N2O5/c1-11-12-13-14-19-22-25-42-39-28-36(6,7)33(37(8,9)29-39)44-31(41)24-21-18-16-15-17-20-23-30(40)43-32-34(2,3)26-38(10)27-35(32,4)5/h32-33H,11-29H2,1-10H3. The maximum absolute atomic E-state index is 12.8. The van der Waals surface area contributed by atoms with Crippen LogP contribution in [-0.4, -0.2) is 73.9 Å². The maximum Gasteiger partial charge on any atom is 0.306 e. The Bertz CT molecular complexity index is 832. The van der Waals surface area contributed by atoms with Gasteiger partial charge >= 0.3 is 11.9 Å². The molecule has 2 saturated heterocycles. The first-order valence-corrected chi connectivity index (χ1v) is 18.0. The fourth-order valence-electron chi connectivity index (χ4n) is 8.29. The molecule has 7 nitrogen and oxygen atoms in total. The van der Waals surface area contributed by atoms with Crippen molar-refractivity contribution in [2.45, 2.75) is 164 Å². The van der Waals surface area contributed by atoms with Crippen molar-refractivity contribution >= 4 is 11.9 Å². The van der Waals surface area contributed by atoms with Crippen LogP contribution in [0, 0.1) is 21.7 Å². The molecule has 2 aliphatic heterocycles. The second-order valence-corrected chi connectivity index (χ2v) is 16.9. The van der Waals surface area contributed by atoms with Gasteiger partial charge in [-0.3, -0.25) is 14.4 Å². The maximum atomic E-state index is 12.8. The summed E-state index contributed by atoms with van der Waals surface area (Å²) in [7, 11) is 2.14. The highest BCUT2D eigenvalue weighted by molar-refractivity contribution is 5.70. The average Bonchev–Trinajstić information content (AvgIpc) is 2.88. The van der Waals surface area contributed by atoms with Crippen LogP contribution in [0.4, 0.5) is 0 Å². The Kier molecular flexibility index (Phi) is 15.7. The lowest BCUT2D eigenvalue weighted by atomic mass is 9.68. The molecule has 0 spiro atoms. The first kappa shape index (κ1) is 39.0. The van der Waals surface area contributed by atoms with E-state index in [9.17, 15) is 9.59 Å². The minimum Gasteiger partial charge on any atom is -0.461 e. The first-order valence-electron chi connectivity index (χ1n) is 18.0. The number of hydrogen-bond acceptors (Lipinski definition) is 7. The Balaban J connectivity index is 1.60. The molecule has 0 aromatic heterocycles. The molecular formula is C37H70N2O5. The number of rotatable bonds is 19. The lowest BCUT2D eigenvalue weighted by Gasteiger charge is -2.51. The lowest BCUT2D eigenvalue weighted by Crippen LogP contribution is -2.59. The average molecular weight is 623 g/mol. The van der Waals surface area contributed by atoms with E-state index in [0.29, 0.717) is 12.8 Å². The zero-order valence-electron chi connectivity index (χ0n) is 30.5. The third-order valence-corrected chi connectivity index (χ3v) is 9.64. The molecule has 0 atom stereocenters. The second-order valence-electron chi connectivity index (χ2n) is 16.9. The van der Waals surface area contributed by atoms with Gasteiger partial charge in [-0.05, 0) is 26.3 Å². The molecule has 0 aromatic rings. The Labute approximate surface area is 271 Å². The number of ether oxygens (including phenoxy) is 2. The SMILES string of the molecule is CCCCCCCCON1CC(C)(C)C(OC(=O)CCCCCCCCC(=O)OC2C(C)(C)CN(C)CC2(C)C)C(C)(C)C1. The van der Waals surface area contributed by atoms with Crippen LogP contribution in [0.25, 0.3) is 0 Å². The molecule has 0 aliphatic carbocycles. The molecular weight excluding hydrogens is 552 g/mol. The summed E-state index contributed by atoms with van der Waals surface area (Å²) in [5, 5.41) is 2.10. The Hall–Kier alpha value is -1.18. The molecule has 0 unspecified atom stereocenters. The van der Waals surface area contributed by atoms with Crippen LogP contribution in [-0.2, 0) is 23.9 Å². The lowest BCUT2D eigenvalue weighted by molar-refractivity contribution is -0.249. The van der Waals surface area contributed by atoms with Gasteiger partial charge in [0.25, 0.3) is 0 Å². The van der Waals surface area contributed by atoms with Gasteiger partial charge in [-0.1, -0.05) is 120 Å². The van der Waals surface area contributed by atoms with Gasteiger partial charge in [0, 0.05) is 60.7 Å². The van der Waals surface area contributed by atoms with Crippen LogP contribution in [0.5, 0.6) is 0 Å². The molecule has 0 saturated carbocycles. The monoisotopic (exact) mass is 623 g/mol. The van der Waals surface area contributed by atoms with Gasteiger partial charge in [0.2, 0.25) is 0 Å². The van der Waals surface area contributed by atoms with Crippen molar-refractivity contribution in [2.75, 3.05) is 39.8 Å². The Morgan fingerprint density at radius 3 is 1.36 bits per heavy atom. The summed E-state index contributed by atoms with van der Waals surface area (Å²) in [6.45, 7) is 24.0. The molecule has 0 N–H and O–H groups in total. The molecule has 2 aliphatic rings. The normalized spacial score (nSPS) is 22.1. The van der Waals surface area contributed by atoms with E-state index in [4.69, 9.17) is 14.3 Å². The summed E-state index contributed by atoms with van der Waals surface area (Å²) >= 11 is 0. The largest absolute Gasteiger partial charge is 0.461 e. The molecule has 0 aromatic carbocycles. The number of hydrogen-bond donors (Lipinski definition) is 0. The Morgan fingerprint density at radius 1 is 0.568 bits per heavy atom. The molecule has 7 heteroatoms. The third-order valence-electron chi connectivity index (χ3n) is 9.64. The second kappa shape index (κ2) is 17.7. The van der Waals surface area contributed by atoms with Gasteiger partial charge in [0.1, 0.15) is 12.2 Å². The summed E-state index contributed by atoms with van der Waals surface area (Å²) < 4.78 is 12.2. The van der Waals surface area contributed by atoms with Crippen molar-refractivity contribution in [1.82, 2.24) is 9.96 Å². The van der Waals surface area contributed by atoms with Crippen LogP contribution in [0.3, 0.4) is 0 Å². The molecule has 0 bridgehead atoms. The van der Waals surface area contributed by atoms with Crippen molar-refractivity contribution in [3.8, 4) is 0 Å². The van der Waals surface area contributed by atoms with E-state index in [1.807, 2.05) is 0 Å². The summed E-state index contributed by atoms with van der Waals surface area (Å²) in [5.41, 5.74) is -0.480. The minimum atomic E-state index is -0.182. The Morgan fingerprint density at radius 2 is 0.932 bits per heavy atom. The van der Waals surface area contributed by atoms with Crippen LogP contribution >= 0.6 is 0 Å².